The standard InChI is InChI=1S/C12H22Cl3N3/c1-4-5-6-7-8-18-11(10(2)3)17(9-16-18)12(13,14)15/h9-11H,4-8H2,1-3H3. The van der Waals surface area contributed by atoms with Gasteiger partial charge in [0.05, 0.1) is 0 Å². The second-order valence-corrected chi connectivity index (χ2v) is 7.21. The zero-order valence-electron chi connectivity index (χ0n) is 11.2. The summed E-state index contributed by atoms with van der Waals surface area (Å²) >= 11 is 17.9. The molecule has 0 aliphatic carbocycles. The first kappa shape index (κ1) is 16.2. The van der Waals surface area contributed by atoms with E-state index in [9.17, 15) is 0 Å². The zero-order chi connectivity index (χ0) is 13.8. The van der Waals surface area contributed by atoms with Crippen molar-refractivity contribution in [2.45, 2.75) is 56.5 Å². The monoisotopic (exact) mass is 313 g/mol. The van der Waals surface area contributed by atoms with Crippen LogP contribution in [0.25, 0.3) is 0 Å². The minimum absolute atomic E-state index is 0.0270. The van der Waals surface area contributed by atoms with Crippen LogP contribution in [0.3, 0.4) is 0 Å². The Bertz CT molecular complexity index is 276. The van der Waals surface area contributed by atoms with Gasteiger partial charge in [0.1, 0.15) is 12.5 Å². The van der Waals surface area contributed by atoms with Crippen molar-refractivity contribution < 1.29 is 0 Å². The van der Waals surface area contributed by atoms with Gasteiger partial charge < -0.3 is 0 Å². The molecule has 1 atom stereocenters. The van der Waals surface area contributed by atoms with Gasteiger partial charge in [0, 0.05) is 6.54 Å². The molecule has 0 spiro atoms. The highest BCUT2D eigenvalue weighted by atomic mass is 35.6. The number of unbranched alkanes of at least 4 members (excludes halogenated alkanes) is 3. The lowest BCUT2D eigenvalue weighted by Crippen LogP contribution is -2.48. The Morgan fingerprint density at radius 3 is 2.39 bits per heavy atom. The first-order valence-corrected chi connectivity index (χ1v) is 7.67. The van der Waals surface area contributed by atoms with Crippen molar-refractivity contribution in [3.05, 3.63) is 0 Å². The number of nitrogens with zero attached hydrogens (tertiary/aromatic N) is 3. The van der Waals surface area contributed by atoms with Crippen molar-refractivity contribution in [3.63, 3.8) is 0 Å². The van der Waals surface area contributed by atoms with Crippen LogP contribution in [0, 0.1) is 5.92 Å². The van der Waals surface area contributed by atoms with E-state index in [2.05, 4.69) is 25.9 Å². The Morgan fingerprint density at radius 1 is 1.22 bits per heavy atom. The molecule has 0 radical (unpaired) electrons. The minimum Gasteiger partial charge on any atom is -0.294 e. The molecule has 0 N–H and O–H groups in total. The van der Waals surface area contributed by atoms with E-state index in [-0.39, 0.29) is 6.17 Å². The van der Waals surface area contributed by atoms with Crippen LogP contribution in [-0.2, 0) is 0 Å². The third-order valence-corrected chi connectivity index (χ3v) is 3.63. The van der Waals surface area contributed by atoms with Crippen LogP contribution >= 0.6 is 34.8 Å². The molecular formula is C12H22Cl3N3. The highest BCUT2D eigenvalue weighted by Gasteiger charge is 2.41. The predicted molar refractivity (Wildman–Crippen MR) is 80.1 cm³/mol. The van der Waals surface area contributed by atoms with Crippen LogP contribution in [0.2, 0.25) is 0 Å². The first-order valence-electron chi connectivity index (χ1n) is 6.53. The molecule has 0 amide bonds. The molecule has 3 nitrogen and oxygen atoms in total. The second-order valence-electron chi connectivity index (χ2n) is 4.99. The van der Waals surface area contributed by atoms with Gasteiger partial charge in [0.15, 0.2) is 0 Å². The molecule has 1 heterocycles. The molecule has 0 aromatic heterocycles. The van der Waals surface area contributed by atoms with Gasteiger partial charge in [-0.2, -0.15) is 5.10 Å². The summed E-state index contributed by atoms with van der Waals surface area (Å²) in [5, 5.41) is 6.39. The van der Waals surface area contributed by atoms with Crippen LogP contribution < -0.4 is 0 Å². The van der Waals surface area contributed by atoms with Crippen LogP contribution in [0.4, 0.5) is 0 Å². The van der Waals surface area contributed by atoms with Crippen molar-refractivity contribution in [3.8, 4) is 0 Å². The average molecular weight is 315 g/mol. The molecule has 0 saturated heterocycles. The van der Waals surface area contributed by atoms with Crippen molar-refractivity contribution in [1.29, 1.82) is 0 Å². The molecular weight excluding hydrogens is 293 g/mol. The van der Waals surface area contributed by atoms with Gasteiger partial charge in [0.25, 0.3) is 3.92 Å². The Labute approximate surface area is 125 Å². The summed E-state index contributed by atoms with van der Waals surface area (Å²) in [5.74, 6) is 0.342. The van der Waals surface area contributed by atoms with E-state index >= 15 is 0 Å². The maximum absolute atomic E-state index is 5.97. The summed E-state index contributed by atoms with van der Waals surface area (Å²) < 4.78 is -1.43. The van der Waals surface area contributed by atoms with Gasteiger partial charge in [-0.25, -0.2) is 0 Å². The SMILES string of the molecule is CCCCCCN1N=CN(C(Cl)(Cl)Cl)C1C(C)C. The smallest absolute Gasteiger partial charge is 0.270 e. The number of hydrogen-bond acceptors (Lipinski definition) is 3. The number of rotatable bonds is 6. The summed E-state index contributed by atoms with van der Waals surface area (Å²) in [4.78, 5) is 1.70. The van der Waals surface area contributed by atoms with E-state index in [1.54, 1.807) is 11.2 Å². The van der Waals surface area contributed by atoms with Gasteiger partial charge in [-0.05, 0) is 12.3 Å². The van der Waals surface area contributed by atoms with Crippen molar-refractivity contribution in [1.82, 2.24) is 9.91 Å². The lowest BCUT2D eigenvalue weighted by molar-refractivity contribution is 0.0858. The van der Waals surface area contributed by atoms with Gasteiger partial charge in [-0.3, -0.25) is 9.91 Å². The van der Waals surface area contributed by atoms with Crippen LogP contribution in [-0.4, -0.2) is 32.9 Å². The number of hydrazone groups is 1. The van der Waals surface area contributed by atoms with Gasteiger partial charge in [0.2, 0.25) is 0 Å². The van der Waals surface area contributed by atoms with Gasteiger partial charge in [-0.1, -0.05) is 74.8 Å². The lowest BCUT2D eigenvalue weighted by atomic mass is 10.1. The zero-order valence-corrected chi connectivity index (χ0v) is 13.5. The van der Waals surface area contributed by atoms with Crippen molar-refractivity contribution >= 4 is 41.1 Å². The molecule has 0 aromatic rings. The quantitative estimate of drug-likeness (QED) is 0.410. The Hall–Kier alpha value is 0.140. The fraction of sp³-hybridized carbons (Fsp3) is 0.917. The average Bonchev–Trinajstić information content (AvgIpc) is 2.67. The molecule has 18 heavy (non-hydrogen) atoms. The molecule has 0 fully saturated rings. The third kappa shape index (κ3) is 4.36. The highest BCUT2D eigenvalue weighted by molar-refractivity contribution is 6.67. The van der Waals surface area contributed by atoms with Crippen molar-refractivity contribution in [2.75, 3.05) is 6.54 Å². The highest BCUT2D eigenvalue weighted by Crippen LogP contribution is 2.36. The number of hydrogen-bond donors (Lipinski definition) is 0. The normalized spacial score (nSPS) is 20.3. The molecule has 106 valence electrons. The fourth-order valence-corrected chi connectivity index (χ4v) is 2.60. The molecule has 0 bridgehead atoms. The predicted octanol–water partition coefficient (Wildman–Crippen LogP) is 4.44. The van der Waals surface area contributed by atoms with Crippen LogP contribution in [0.1, 0.15) is 46.5 Å². The molecule has 1 aliphatic heterocycles. The summed E-state index contributed by atoms with van der Waals surface area (Å²) in [6.45, 7) is 7.34. The van der Waals surface area contributed by atoms with E-state index in [1.807, 2.05) is 5.01 Å². The molecule has 1 rings (SSSR count). The van der Waals surface area contributed by atoms with E-state index in [0.717, 1.165) is 13.0 Å². The van der Waals surface area contributed by atoms with E-state index < -0.39 is 3.92 Å². The molecule has 1 unspecified atom stereocenters. The Balaban J connectivity index is 2.56. The minimum atomic E-state index is -1.43. The topological polar surface area (TPSA) is 18.8 Å². The van der Waals surface area contributed by atoms with Crippen LogP contribution in [0.5, 0.6) is 0 Å². The summed E-state index contributed by atoms with van der Waals surface area (Å²) in [6.07, 6.45) is 6.51. The Kier molecular flexibility index (Phi) is 6.36. The van der Waals surface area contributed by atoms with E-state index in [1.165, 1.54) is 19.3 Å². The van der Waals surface area contributed by atoms with Crippen LogP contribution in [0.15, 0.2) is 5.10 Å². The summed E-state index contributed by atoms with van der Waals surface area (Å²) in [7, 11) is 0. The maximum atomic E-state index is 5.97. The molecule has 1 aliphatic rings. The second kappa shape index (κ2) is 7.06. The third-order valence-electron chi connectivity index (χ3n) is 3.04. The molecule has 6 heteroatoms. The van der Waals surface area contributed by atoms with E-state index in [0.29, 0.717) is 5.92 Å². The van der Waals surface area contributed by atoms with Gasteiger partial charge in [-0.15, -0.1) is 0 Å². The first-order chi connectivity index (χ1) is 8.38. The van der Waals surface area contributed by atoms with Crippen molar-refractivity contribution in [2.24, 2.45) is 11.0 Å². The maximum Gasteiger partial charge on any atom is 0.270 e. The molecule has 0 saturated carbocycles. The fourth-order valence-electron chi connectivity index (χ4n) is 2.17. The lowest BCUT2D eigenvalue weighted by Gasteiger charge is -2.36. The number of halogens is 3. The Morgan fingerprint density at radius 2 is 1.89 bits per heavy atom. The summed E-state index contributed by atoms with van der Waals surface area (Å²) in [6, 6.07) is 0. The van der Waals surface area contributed by atoms with E-state index in [4.69, 9.17) is 34.8 Å². The largest absolute Gasteiger partial charge is 0.294 e. The number of alkyl halides is 3. The summed E-state index contributed by atoms with van der Waals surface area (Å²) in [5.41, 5.74) is 0. The molecule has 0 aromatic carbocycles. The van der Waals surface area contributed by atoms with Gasteiger partial charge >= 0.3 is 0 Å².